The number of methoxy groups -OCH3 is 1. The molecular formula is C19H21Cl2N3O3. The van der Waals surface area contributed by atoms with Gasteiger partial charge in [0.1, 0.15) is 0 Å². The van der Waals surface area contributed by atoms with E-state index < -0.39 is 0 Å². The van der Waals surface area contributed by atoms with Gasteiger partial charge < -0.3 is 20.7 Å². The van der Waals surface area contributed by atoms with Gasteiger partial charge in [-0.2, -0.15) is 0 Å². The van der Waals surface area contributed by atoms with Crippen molar-refractivity contribution >= 4 is 46.4 Å². The smallest absolute Gasteiger partial charge is 0.251 e. The van der Waals surface area contributed by atoms with Crippen LogP contribution in [0.15, 0.2) is 42.5 Å². The van der Waals surface area contributed by atoms with E-state index >= 15 is 0 Å². The predicted octanol–water partition coefficient (Wildman–Crippen LogP) is 3.81. The highest BCUT2D eigenvalue weighted by Gasteiger charge is 2.09. The average molecular weight is 410 g/mol. The van der Waals surface area contributed by atoms with Gasteiger partial charge in [0.25, 0.3) is 5.91 Å². The lowest BCUT2D eigenvalue weighted by Crippen LogP contribution is -2.25. The summed E-state index contributed by atoms with van der Waals surface area (Å²) in [6, 6.07) is 11.9. The third-order valence-corrected chi connectivity index (χ3v) is 4.43. The first-order valence-electron chi connectivity index (χ1n) is 8.36. The van der Waals surface area contributed by atoms with Crippen LogP contribution in [0.2, 0.25) is 10.0 Å². The second-order valence-corrected chi connectivity index (χ2v) is 6.47. The van der Waals surface area contributed by atoms with Gasteiger partial charge in [-0.3, -0.25) is 9.59 Å². The molecule has 0 bridgehead atoms. The fourth-order valence-electron chi connectivity index (χ4n) is 2.27. The van der Waals surface area contributed by atoms with Crippen molar-refractivity contribution in [2.75, 3.05) is 37.4 Å². The zero-order chi connectivity index (χ0) is 19.6. The second-order valence-electron chi connectivity index (χ2n) is 5.69. The molecular weight excluding hydrogens is 389 g/mol. The Morgan fingerprint density at radius 3 is 2.67 bits per heavy atom. The number of benzene rings is 2. The lowest BCUT2D eigenvalue weighted by atomic mass is 10.2. The monoisotopic (exact) mass is 409 g/mol. The molecule has 0 aliphatic heterocycles. The van der Waals surface area contributed by atoms with Gasteiger partial charge in [0.05, 0.1) is 22.3 Å². The molecule has 0 saturated heterocycles. The van der Waals surface area contributed by atoms with E-state index in [1.54, 1.807) is 49.6 Å². The zero-order valence-electron chi connectivity index (χ0n) is 14.9. The van der Waals surface area contributed by atoms with Crippen LogP contribution in [0.4, 0.5) is 11.4 Å². The Kier molecular flexibility index (Phi) is 8.39. The third-order valence-electron chi connectivity index (χ3n) is 3.61. The van der Waals surface area contributed by atoms with E-state index in [4.69, 9.17) is 27.9 Å². The van der Waals surface area contributed by atoms with Crippen LogP contribution in [-0.4, -0.2) is 38.6 Å². The fraction of sp³-hybridized carbons (Fsp3) is 0.263. The molecule has 0 spiro atoms. The van der Waals surface area contributed by atoms with Crippen LogP contribution in [0.1, 0.15) is 16.8 Å². The van der Waals surface area contributed by atoms with Gasteiger partial charge in [-0.25, -0.2) is 0 Å². The minimum atomic E-state index is -0.284. The van der Waals surface area contributed by atoms with Gasteiger partial charge in [-0.05, 0) is 36.8 Å². The summed E-state index contributed by atoms with van der Waals surface area (Å²) in [6.07, 6.45) is 0.742. The van der Waals surface area contributed by atoms with Crippen LogP contribution in [-0.2, 0) is 9.53 Å². The largest absolute Gasteiger partial charge is 0.385 e. The van der Waals surface area contributed by atoms with Gasteiger partial charge >= 0.3 is 0 Å². The normalized spacial score (nSPS) is 10.3. The molecule has 0 saturated carbocycles. The maximum Gasteiger partial charge on any atom is 0.251 e. The molecule has 0 aliphatic rings. The van der Waals surface area contributed by atoms with Gasteiger partial charge in [0, 0.05) is 31.5 Å². The number of nitrogens with one attached hydrogen (secondary N) is 3. The Morgan fingerprint density at radius 1 is 1.11 bits per heavy atom. The van der Waals surface area contributed by atoms with E-state index in [2.05, 4.69) is 16.0 Å². The van der Waals surface area contributed by atoms with Crippen molar-refractivity contribution in [2.24, 2.45) is 0 Å². The number of hydrogen-bond acceptors (Lipinski definition) is 4. The highest BCUT2D eigenvalue weighted by Crippen LogP contribution is 2.29. The van der Waals surface area contributed by atoms with E-state index in [1.807, 2.05) is 0 Å². The number of carbonyl (C=O) groups is 2. The van der Waals surface area contributed by atoms with E-state index in [0.29, 0.717) is 40.1 Å². The SMILES string of the molecule is COCCCNC(=O)c1cccc(NCC(=O)Nc2cccc(Cl)c2Cl)c1. The Labute approximate surface area is 168 Å². The van der Waals surface area contributed by atoms with Gasteiger partial charge in [0.15, 0.2) is 0 Å². The number of amides is 2. The van der Waals surface area contributed by atoms with Crippen LogP contribution < -0.4 is 16.0 Å². The number of anilines is 2. The molecule has 0 radical (unpaired) electrons. The van der Waals surface area contributed by atoms with Crippen molar-refractivity contribution in [3.8, 4) is 0 Å². The van der Waals surface area contributed by atoms with E-state index in [0.717, 1.165) is 6.42 Å². The summed E-state index contributed by atoms with van der Waals surface area (Å²) in [4.78, 5) is 24.2. The van der Waals surface area contributed by atoms with Crippen LogP contribution >= 0.6 is 23.2 Å². The number of ether oxygens (including phenoxy) is 1. The third kappa shape index (κ3) is 6.75. The van der Waals surface area contributed by atoms with Crippen molar-refractivity contribution in [3.05, 3.63) is 58.1 Å². The van der Waals surface area contributed by atoms with Crippen molar-refractivity contribution in [1.82, 2.24) is 5.32 Å². The van der Waals surface area contributed by atoms with Crippen molar-refractivity contribution in [2.45, 2.75) is 6.42 Å². The molecule has 0 fully saturated rings. The molecule has 2 aromatic rings. The second kappa shape index (κ2) is 10.8. The molecule has 144 valence electrons. The fourth-order valence-corrected chi connectivity index (χ4v) is 2.62. The molecule has 6 nitrogen and oxygen atoms in total. The molecule has 2 rings (SSSR count). The molecule has 8 heteroatoms. The predicted molar refractivity (Wildman–Crippen MR) is 109 cm³/mol. The Balaban J connectivity index is 1.87. The summed E-state index contributed by atoms with van der Waals surface area (Å²) >= 11 is 12.0. The lowest BCUT2D eigenvalue weighted by molar-refractivity contribution is -0.114. The molecule has 3 N–H and O–H groups in total. The molecule has 27 heavy (non-hydrogen) atoms. The molecule has 0 aromatic heterocycles. The maximum absolute atomic E-state index is 12.1. The first-order chi connectivity index (χ1) is 13.0. The summed E-state index contributed by atoms with van der Waals surface area (Å²) < 4.78 is 4.94. The summed E-state index contributed by atoms with van der Waals surface area (Å²) in [7, 11) is 1.62. The van der Waals surface area contributed by atoms with Gasteiger partial charge in [-0.1, -0.05) is 35.3 Å². The van der Waals surface area contributed by atoms with Crippen LogP contribution in [0.3, 0.4) is 0 Å². The molecule has 0 unspecified atom stereocenters. The zero-order valence-corrected chi connectivity index (χ0v) is 16.4. The topological polar surface area (TPSA) is 79.5 Å². The summed E-state index contributed by atoms with van der Waals surface area (Å²) in [6.45, 7) is 1.14. The van der Waals surface area contributed by atoms with E-state index in [9.17, 15) is 9.59 Å². The highest BCUT2D eigenvalue weighted by molar-refractivity contribution is 6.44. The van der Waals surface area contributed by atoms with Crippen LogP contribution in [0, 0.1) is 0 Å². The summed E-state index contributed by atoms with van der Waals surface area (Å²) in [5, 5.41) is 9.15. The Morgan fingerprint density at radius 2 is 1.89 bits per heavy atom. The molecule has 0 aliphatic carbocycles. The number of rotatable bonds is 9. The van der Waals surface area contributed by atoms with Crippen molar-refractivity contribution in [1.29, 1.82) is 0 Å². The average Bonchev–Trinajstić information content (AvgIpc) is 2.67. The minimum absolute atomic E-state index is 0.0156. The number of hydrogen-bond donors (Lipinski definition) is 3. The van der Waals surface area contributed by atoms with Crippen molar-refractivity contribution in [3.63, 3.8) is 0 Å². The first kappa shape index (κ1) is 21.0. The van der Waals surface area contributed by atoms with Crippen LogP contribution in [0.5, 0.6) is 0 Å². The molecule has 2 aromatic carbocycles. The molecule has 0 heterocycles. The maximum atomic E-state index is 12.1. The standard InChI is InChI=1S/C19H21Cl2N3O3/c1-27-10-4-9-22-19(26)13-5-2-6-14(11-13)23-12-17(25)24-16-8-3-7-15(20)18(16)21/h2-3,5-8,11,23H,4,9-10,12H2,1H3,(H,22,26)(H,24,25). The van der Waals surface area contributed by atoms with E-state index in [-0.39, 0.29) is 18.4 Å². The first-order valence-corrected chi connectivity index (χ1v) is 9.12. The van der Waals surface area contributed by atoms with Gasteiger partial charge in [-0.15, -0.1) is 0 Å². The minimum Gasteiger partial charge on any atom is -0.385 e. The lowest BCUT2D eigenvalue weighted by Gasteiger charge is -2.11. The summed E-state index contributed by atoms with van der Waals surface area (Å²) in [5.41, 5.74) is 1.61. The quantitative estimate of drug-likeness (QED) is 0.550. The molecule has 2 amide bonds. The summed E-state index contributed by atoms with van der Waals surface area (Å²) in [5.74, 6) is -0.460. The van der Waals surface area contributed by atoms with E-state index in [1.165, 1.54) is 0 Å². The van der Waals surface area contributed by atoms with Crippen LogP contribution in [0.25, 0.3) is 0 Å². The number of carbonyl (C=O) groups excluding carboxylic acids is 2. The Hall–Kier alpha value is -2.28. The molecule has 0 atom stereocenters. The van der Waals surface area contributed by atoms with Crippen molar-refractivity contribution < 1.29 is 14.3 Å². The van der Waals surface area contributed by atoms with Gasteiger partial charge in [0.2, 0.25) is 5.91 Å². The number of halogens is 2. The highest BCUT2D eigenvalue weighted by atomic mass is 35.5. The Bertz CT molecular complexity index is 800.